The normalized spacial score (nSPS) is 10.2. The minimum absolute atomic E-state index is 0. The first kappa shape index (κ1) is 128. The molecular weight excluding hydrogens is 2420 g/mol. The van der Waals surface area contributed by atoms with Crippen molar-refractivity contribution in [3.8, 4) is 12.1 Å². The van der Waals surface area contributed by atoms with Crippen LogP contribution in [-0.4, -0.2) is 127 Å². The number of hydrogen-bond acceptors (Lipinski definition) is 18. The summed E-state index contributed by atoms with van der Waals surface area (Å²) in [5, 5.41) is 36.9. The summed E-state index contributed by atoms with van der Waals surface area (Å²) in [6, 6.07) is 36.6. The minimum atomic E-state index is -0.608. The molecule has 117 heavy (non-hydrogen) atoms. The molecule has 5 amide bonds. The van der Waals surface area contributed by atoms with Crippen molar-refractivity contribution < 1.29 is 85.4 Å². The van der Waals surface area contributed by atoms with Crippen LogP contribution < -0.4 is 37.6 Å². The summed E-state index contributed by atoms with van der Waals surface area (Å²) >= 11 is 49.4. The van der Waals surface area contributed by atoms with Gasteiger partial charge in [0.1, 0.15) is 28.0 Å². The quantitative estimate of drug-likeness (QED) is 0.00734. The molecule has 0 atom stereocenters. The Morgan fingerprint density at radius 3 is 1.09 bits per heavy atom. The van der Waals surface area contributed by atoms with E-state index in [9.17, 15) is 28.8 Å². The number of carbonyl (C=O) groups excluding carboxylic acids is 6. The molecule has 38 heteroatoms. The molecule has 6 aromatic rings. The summed E-state index contributed by atoms with van der Waals surface area (Å²) in [4.78, 5) is 78.1. The van der Waals surface area contributed by atoms with E-state index in [0.29, 0.717) is 118 Å². The van der Waals surface area contributed by atoms with E-state index in [-0.39, 0.29) is 38.3 Å². The van der Waals surface area contributed by atoms with Gasteiger partial charge in [0.05, 0.1) is 36.6 Å². The second-order valence-corrected chi connectivity index (χ2v) is 77.3. The summed E-state index contributed by atoms with van der Waals surface area (Å²) in [5.74, 6) is 0. The Morgan fingerprint density at radius 2 is 0.761 bits per heavy atom. The number of halogens is 12. The van der Waals surface area contributed by atoms with Crippen LogP contribution >= 0.6 is 192 Å². The number of nitrogen functional groups attached to an aromatic ring is 1. The van der Waals surface area contributed by atoms with Gasteiger partial charge in [-0.1, -0.05) is 107 Å². The summed E-state index contributed by atoms with van der Waals surface area (Å²) in [5.41, 5.74) is 10.5. The Labute approximate surface area is 818 Å². The standard InChI is InChI=1S/C15H20ClN3O2.C13H19ClN2O2.C13H17ClN2O2.C12H14ClNO3.C11H14ClNO2.C10H12ClN3.C2H5.CH3I.2CH4.5HI.3V/c1-15(2,3)21-14(20)18-13-6-5-12(16)9-11(13)10-19(4)8-7-17;2*1-13(2,3)18-12(17)16-11-6-5-10(14)7-9(11)8-15-4;1-12(2,3)17-11(16)14-10-5-4-9(13)6-8(10)7-15;1-11(2,3)15-10(14)13-9-6-4-8(12)5-7-9;1-14(5-4-12)7-8-6-9(11)2-3-10(8)13;2*1-2;;;;;;;;;;/h5-6,9H,8,10H2,1-4H3,(H,18,20);5-7,15H,8H2,1-4H3,(H,16,17);5-8H,1-4H3,(H,16,17);4-7H,1-3H3,(H,14,16);4-7H,1-3H3,(H,13,14);2-3,6H,5,7,13H2,1H3;1H2,2H3;1H3;2*1H4;5*1H;;;/q;;;;;;-1;;;;;;;;;;+2;+3/p-5. The first-order valence-corrected chi connectivity index (χ1v) is 60.6. The Kier molecular flexibility index (Phi) is 76.2. The molecule has 8 N–H and O–H groups in total. The largest absolute Gasteiger partial charge is 0 e. The molecular formula is C79H112Cl6I6N12O11V3-. The number of carbonyl (C=O) groups is 6. The van der Waals surface area contributed by atoms with Crippen LogP contribution in [-0.2, 0) is 76.3 Å². The topological polar surface area (TPSA) is 313 Å². The number of benzene rings is 6. The first-order chi connectivity index (χ1) is 52.8. The zero-order valence-electron chi connectivity index (χ0n) is 68.0. The number of aldehydes is 1. The number of hydrogen-bond donors (Lipinski definition) is 7. The van der Waals surface area contributed by atoms with Crippen LogP contribution in [0.2, 0.25) is 30.1 Å². The summed E-state index contributed by atoms with van der Waals surface area (Å²) in [6.45, 7) is 34.4. The van der Waals surface area contributed by atoms with Crippen molar-refractivity contribution in [1.82, 2.24) is 15.1 Å². The fourth-order valence-electron chi connectivity index (χ4n) is 7.73. The molecule has 0 saturated carbocycles. The van der Waals surface area contributed by atoms with Gasteiger partial charge < -0.3 is 41.7 Å². The van der Waals surface area contributed by atoms with Crippen molar-refractivity contribution >= 4 is 269 Å². The van der Waals surface area contributed by atoms with Crippen LogP contribution in [0.5, 0.6) is 0 Å². The third-order valence-electron chi connectivity index (χ3n) is 11.6. The maximum Gasteiger partial charge on any atom is 0 e. The van der Waals surface area contributed by atoms with Crippen LogP contribution in [0.4, 0.5) is 58.1 Å². The summed E-state index contributed by atoms with van der Waals surface area (Å²) in [6.07, 6.45) is -0.323. The van der Waals surface area contributed by atoms with Crippen LogP contribution in [0.15, 0.2) is 120 Å². The van der Waals surface area contributed by atoms with Gasteiger partial charge in [0.25, 0.3) is 0 Å². The van der Waals surface area contributed by atoms with Gasteiger partial charge in [-0.2, -0.15) is 17.4 Å². The van der Waals surface area contributed by atoms with Crippen molar-refractivity contribution in [3.05, 3.63) is 180 Å². The molecule has 0 saturated heterocycles. The molecule has 654 valence electrons. The van der Waals surface area contributed by atoms with E-state index in [1.165, 1.54) is 6.07 Å². The second kappa shape index (κ2) is 69.8. The SMILES string of the molecule is C.C.CC(C)(C)OC(=O)Nc1ccc(Cl)cc1.CC(C)(C)OC(=O)Nc1ccc(Cl)cc1C=O.CI.CN(CC#N)Cc1cc(Cl)ccc1N.CN(CC#N)Cc1cc(Cl)ccc1NC(=O)OC(C)(C)C.CN=Cc1cc(Cl)ccc1NC(=O)OC(C)(C)C.CNCc1cc(Cl)ccc1NC(=O)OC(C)(C)C.[CH2-]C.[I][V]([I])[I].[I][V][I].[V]. The fraction of sp³-hybridized carbons (Fsp3) is 0.418. The van der Waals surface area contributed by atoms with Gasteiger partial charge in [0, 0.05) is 115 Å². The predicted octanol–water partition coefficient (Wildman–Crippen LogP) is 27.4. The van der Waals surface area contributed by atoms with E-state index in [1.807, 2.05) is 110 Å². The van der Waals surface area contributed by atoms with Crippen LogP contribution in [0.25, 0.3) is 0 Å². The van der Waals surface area contributed by atoms with Crippen LogP contribution in [0, 0.1) is 29.6 Å². The van der Waals surface area contributed by atoms with Crippen molar-refractivity contribution in [1.29, 1.82) is 10.5 Å². The van der Waals surface area contributed by atoms with Crippen molar-refractivity contribution in [2.45, 2.75) is 173 Å². The predicted molar refractivity (Wildman–Crippen MR) is 533 cm³/mol. The van der Waals surface area contributed by atoms with Gasteiger partial charge in [-0.3, -0.25) is 46.2 Å². The number of nitrogens with one attached hydrogen (secondary N) is 6. The molecule has 0 aliphatic carbocycles. The van der Waals surface area contributed by atoms with E-state index in [4.69, 9.17) is 110 Å². The number of nitrogens with zero attached hydrogens (tertiary/aromatic N) is 5. The molecule has 0 aliphatic heterocycles. The first-order valence-electron chi connectivity index (χ1n) is 33.7. The van der Waals surface area contributed by atoms with Crippen LogP contribution in [0.3, 0.4) is 0 Å². The van der Waals surface area contributed by atoms with E-state index >= 15 is 0 Å². The number of nitrogens with two attached hydrogens (primary N) is 1. The Morgan fingerprint density at radius 1 is 0.496 bits per heavy atom. The maximum absolute atomic E-state index is 11.8. The maximum atomic E-state index is 11.8. The number of ether oxygens (including phenoxy) is 5. The van der Waals surface area contributed by atoms with Crippen molar-refractivity contribution in [2.75, 3.05) is 78.5 Å². The van der Waals surface area contributed by atoms with Gasteiger partial charge in [0.15, 0.2) is 6.29 Å². The molecule has 1 radical (unpaired) electrons. The molecule has 0 spiro atoms. The molecule has 0 aromatic heterocycles. The van der Waals surface area contributed by atoms with Gasteiger partial charge in [0.2, 0.25) is 0 Å². The molecule has 0 aliphatic rings. The fourth-order valence-corrected chi connectivity index (χ4v) is 8.80. The minimum Gasteiger partial charge on any atom is 0 e. The smallest absolute Gasteiger partial charge is 0 e. The van der Waals surface area contributed by atoms with Gasteiger partial charge in [-0.25, -0.2) is 24.0 Å². The van der Waals surface area contributed by atoms with E-state index < -0.39 is 58.5 Å². The molecule has 0 heterocycles. The third kappa shape index (κ3) is 72.5. The number of amides is 5. The monoisotopic (exact) mass is 2530 g/mol. The molecule has 23 nitrogen and oxygen atoms in total. The average molecular weight is 2530 g/mol. The Bertz CT molecular complexity index is 3980. The molecule has 6 aromatic carbocycles. The number of anilines is 6. The number of aliphatic imine (C=N–C) groups is 1. The molecule has 6 rings (SSSR count). The zero-order valence-corrected chi connectivity index (χ0v) is 89.7. The zero-order chi connectivity index (χ0) is 88.9. The Balaban J connectivity index is -0.000000241. The van der Waals surface area contributed by atoms with Gasteiger partial charge in [-0.05, 0) is 262 Å². The van der Waals surface area contributed by atoms with Gasteiger partial charge in [-0.15, -0.1) is 0 Å². The molecule has 0 fully saturated rings. The summed E-state index contributed by atoms with van der Waals surface area (Å²) < 4.78 is 25.8. The second-order valence-electron chi connectivity index (χ2n) is 27.5. The van der Waals surface area contributed by atoms with Crippen molar-refractivity contribution in [2.24, 2.45) is 4.99 Å². The third-order valence-corrected chi connectivity index (χ3v) is 13.1. The number of alkyl halides is 1. The summed E-state index contributed by atoms with van der Waals surface area (Å²) in [7, 11) is 7.80. The molecule has 0 bridgehead atoms. The van der Waals surface area contributed by atoms with E-state index in [2.05, 4.69) is 178 Å². The number of rotatable bonds is 15. The van der Waals surface area contributed by atoms with Crippen molar-refractivity contribution in [3.63, 3.8) is 0 Å². The van der Waals surface area contributed by atoms with Gasteiger partial charge >= 0.3 is 145 Å². The molecule has 0 unspecified atom stereocenters. The van der Waals surface area contributed by atoms with Crippen LogP contribution in [0.1, 0.15) is 158 Å². The van der Waals surface area contributed by atoms with E-state index in [1.54, 1.807) is 159 Å². The number of nitriles is 2. The van der Waals surface area contributed by atoms with E-state index in [0.717, 1.165) is 22.3 Å². The Hall–Kier alpha value is -2.46. The average Bonchev–Trinajstić information content (AvgIpc) is 0.842.